The molecule has 1 fully saturated rings. The van der Waals surface area contributed by atoms with Crippen molar-refractivity contribution in [2.24, 2.45) is 0 Å². The molecule has 5 atom stereocenters. The van der Waals surface area contributed by atoms with Crippen LogP contribution in [0.4, 0.5) is 5.69 Å². The molecule has 122 valence electrons. The summed E-state index contributed by atoms with van der Waals surface area (Å²) in [5.74, 6) is -0.473. The van der Waals surface area contributed by atoms with Crippen LogP contribution in [0.1, 0.15) is 10.4 Å². The number of methoxy groups -OCH3 is 1. The van der Waals surface area contributed by atoms with Crippen molar-refractivity contribution in [3.05, 3.63) is 29.8 Å². The van der Waals surface area contributed by atoms with Crippen molar-refractivity contribution in [3.63, 3.8) is 0 Å². The molecule has 0 bridgehead atoms. The van der Waals surface area contributed by atoms with Crippen LogP contribution in [0.5, 0.6) is 0 Å². The number of hydrogen-bond acceptors (Lipinski definition) is 8. The van der Waals surface area contributed by atoms with Gasteiger partial charge in [0.2, 0.25) is 0 Å². The number of aliphatic hydroxyl groups is 4. The van der Waals surface area contributed by atoms with Crippen molar-refractivity contribution in [2.45, 2.75) is 30.6 Å². The topological polar surface area (TPSA) is 128 Å². The molecule has 0 spiro atoms. The molecule has 1 aliphatic rings. The highest BCUT2D eigenvalue weighted by molar-refractivity contribution is 5.89. The second-order valence-corrected chi connectivity index (χ2v) is 4.96. The van der Waals surface area contributed by atoms with E-state index < -0.39 is 43.2 Å². The first kappa shape index (κ1) is 16.7. The Kier molecular flexibility index (Phi) is 5.33. The molecule has 1 saturated heterocycles. The minimum atomic E-state index is -1.45. The lowest BCUT2D eigenvalue weighted by Gasteiger charge is -2.40. The normalized spacial score (nSPS) is 31.6. The SMILES string of the molecule is COC(=O)c1ccc(NC2OC(CO)C(O)C(O)C2O)cc1. The zero-order valence-electron chi connectivity index (χ0n) is 11.9. The maximum absolute atomic E-state index is 11.3. The third-order valence-corrected chi connectivity index (χ3v) is 3.51. The van der Waals surface area contributed by atoms with Gasteiger partial charge in [-0.15, -0.1) is 0 Å². The van der Waals surface area contributed by atoms with Gasteiger partial charge in [0.25, 0.3) is 0 Å². The van der Waals surface area contributed by atoms with Gasteiger partial charge in [0.05, 0.1) is 19.3 Å². The van der Waals surface area contributed by atoms with Crippen molar-refractivity contribution in [2.75, 3.05) is 19.0 Å². The molecule has 2 rings (SSSR count). The van der Waals surface area contributed by atoms with E-state index in [9.17, 15) is 20.1 Å². The number of nitrogens with one attached hydrogen (secondary N) is 1. The van der Waals surface area contributed by atoms with E-state index in [0.29, 0.717) is 11.3 Å². The third kappa shape index (κ3) is 3.37. The first-order valence-corrected chi connectivity index (χ1v) is 6.73. The van der Waals surface area contributed by atoms with E-state index in [1.165, 1.54) is 19.2 Å². The number of benzene rings is 1. The van der Waals surface area contributed by atoms with Crippen LogP contribution >= 0.6 is 0 Å². The van der Waals surface area contributed by atoms with E-state index >= 15 is 0 Å². The molecular weight excluding hydrogens is 294 g/mol. The number of rotatable bonds is 4. The van der Waals surface area contributed by atoms with Crippen LogP contribution in [0.2, 0.25) is 0 Å². The van der Waals surface area contributed by atoms with Crippen molar-refractivity contribution >= 4 is 11.7 Å². The third-order valence-electron chi connectivity index (χ3n) is 3.51. The van der Waals surface area contributed by atoms with Crippen molar-refractivity contribution in [3.8, 4) is 0 Å². The fourth-order valence-electron chi connectivity index (χ4n) is 2.21. The molecule has 1 heterocycles. The lowest BCUT2D eigenvalue weighted by Crippen LogP contribution is -2.60. The molecular formula is C14H19NO7. The van der Waals surface area contributed by atoms with E-state index in [-0.39, 0.29) is 0 Å². The van der Waals surface area contributed by atoms with Crippen molar-refractivity contribution in [1.82, 2.24) is 0 Å². The average Bonchev–Trinajstić information content (AvgIpc) is 2.55. The summed E-state index contributed by atoms with van der Waals surface area (Å²) in [7, 11) is 1.28. The summed E-state index contributed by atoms with van der Waals surface area (Å²) >= 11 is 0. The summed E-state index contributed by atoms with van der Waals surface area (Å²) in [5, 5.41) is 41.2. The van der Waals surface area contributed by atoms with Crippen LogP contribution in [-0.2, 0) is 9.47 Å². The maximum Gasteiger partial charge on any atom is 0.337 e. The van der Waals surface area contributed by atoms with Crippen LogP contribution < -0.4 is 5.32 Å². The number of carbonyl (C=O) groups is 1. The second kappa shape index (κ2) is 7.03. The molecule has 8 heteroatoms. The molecule has 22 heavy (non-hydrogen) atoms. The summed E-state index contributed by atoms with van der Waals surface area (Å²) in [6.45, 7) is -0.496. The van der Waals surface area contributed by atoms with Gasteiger partial charge in [0, 0.05) is 5.69 Å². The monoisotopic (exact) mass is 313 g/mol. The number of aliphatic hydroxyl groups excluding tert-OH is 4. The van der Waals surface area contributed by atoms with Gasteiger partial charge in [0.1, 0.15) is 24.4 Å². The van der Waals surface area contributed by atoms with Gasteiger partial charge >= 0.3 is 5.97 Å². The van der Waals surface area contributed by atoms with Gasteiger partial charge in [-0.3, -0.25) is 0 Å². The molecule has 5 N–H and O–H groups in total. The zero-order chi connectivity index (χ0) is 16.3. The lowest BCUT2D eigenvalue weighted by atomic mass is 9.98. The Morgan fingerprint density at radius 2 is 1.82 bits per heavy atom. The molecule has 0 aliphatic carbocycles. The van der Waals surface area contributed by atoms with Crippen LogP contribution in [0.15, 0.2) is 24.3 Å². The molecule has 0 aromatic heterocycles. The Morgan fingerprint density at radius 3 is 2.36 bits per heavy atom. The molecule has 8 nitrogen and oxygen atoms in total. The highest BCUT2D eigenvalue weighted by Gasteiger charge is 2.43. The van der Waals surface area contributed by atoms with Gasteiger partial charge in [-0.2, -0.15) is 0 Å². The predicted octanol–water partition coefficient (Wildman–Crippen LogP) is -1.32. The Balaban J connectivity index is 2.07. The fourth-order valence-corrected chi connectivity index (χ4v) is 2.21. The summed E-state index contributed by atoms with van der Waals surface area (Å²) in [4.78, 5) is 11.3. The highest BCUT2D eigenvalue weighted by atomic mass is 16.6. The largest absolute Gasteiger partial charge is 0.465 e. The Hall–Kier alpha value is -1.71. The summed E-state index contributed by atoms with van der Waals surface area (Å²) in [6.07, 6.45) is -6.22. The average molecular weight is 313 g/mol. The van der Waals surface area contributed by atoms with Gasteiger partial charge in [0.15, 0.2) is 6.23 Å². The first-order valence-electron chi connectivity index (χ1n) is 6.73. The molecule has 0 radical (unpaired) electrons. The van der Waals surface area contributed by atoms with Crippen molar-refractivity contribution < 1.29 is 34.7 Å². The van der Waals surface area contributed by atoms with E-state index in [2.05, 4.69) is 10.1 Å². The Labute approximate surface area is 126 Å². The molecule has 0 saturated carbocycles. The Morgan fingerprint density at radius 1 is 1.18 bits per heavy atom. The van der Waals surface area contributed by atoms with Gasteiger partial charge < -0.3 is 35.2 Å². The maximum atomic E-state index is 11.3. The standard InChI is InChI=1S/C14H19NO7/c1-21-14(20)7-2-4-8(5-3-7)15-13-12(19)11(18)10(17)9(6-16)22-13/h2-5,9-13,15-19H,6H2,1H3. The number of anilines is 1. The number of hydrogen-bond donors (Lipinski definition) is 5. The molecule has 0 amide bonds. The van der Waals surface area contributed by atoms with Crippen LogP contribution in [-0.4, -0.2) is 70.8 Å². The summed E-state index contributed by atoms with van der Waals surface area (Å²) in [6, 6.07) is 6.21. The second-order valence-electron chi connectivity index (χ2n) is 4.96. The van der Waals surface area contributed by atoms with E-state index in [4.69, 9.17) is 9.84 Å². The van der Waals surface area contributed by atoms with Crippen LogP contribution in [0, 0.1) is 0 Å². The quantitative estimate of drug-likeness (QED) is 0.433. The first-order chi connectivity index (χ1) is 10.5. The van der Waals surface area contributed by atoms with E-state index in [1.807, 2.05) is 0 Å². The fraction of sp³-hybridized carbons (Fsp3) is 0.500. The Bertz CT molecular complexity index is 504. The highest BCUT2D eigenvalue weighted by Crippen LogP contribution is 2.23. The summed E-state index contributed by atoms with van der Waals surface area (Å²) < 4.78 is 9.91. The summed E-state index contributed by atoms with van der Waals surface area (Å²) in [5.41, 5.74) is 0.888. The molecule has 1 aromatic rings. The van der Waals surface area contributed by atoms with E-state index in [0.717, 1.165) is 0 Å². The van der Waals surface area contributed by atoms with Gasteiger partial charge in [-0.25, -0.2) is 4.79 Å². The lowest BCUT2D eigenvalue weighted by molar-refractivity contribution is -0.221. The number of esters is 1. The molecule has 1 aliphatic heterocycles. The van der Waals surface area contributed by atoms with Crippen LogP contribution in [0.3, 0.4) is 0 Å². The smallest absolute Gasteiger partial charge is 0.337 e. The molecule has 1 aromatic carbocycles. The molecule has 5 unspecified atom stereocenters. The predicted molar refractivity (Wildman–Crippen MR) is 75.2 cm³/mol. The van der Waals surface area contributed by atoms with Crippen molar-refractivity contribution in [1.29, 1.82) is 0 Å². The minimum Gasteiger partial charge on any atom is -0.465 e. The number of carbonyl (C=O) groups excluding carboxylic acids is 1. The van der Waals surface area contributed by atoms with Gasteiger partial charge in [-0.1, -0.05) is 0 Å². The zero-order valence-corrected chi connectivity index (χ0v) is 11.9. The van der Waals surface area contributed by atoms with Gasteiger partial charge in [-0.05, 0) is 24.3 Å². The van der Waals surface area contributed by atoms with E-state index in [1.54, 1.807) is 12.1 Å². The van der Waals surface area contributed by atoms with Crippen LogP contribution in [0.25, 0.3) is 0 Å². The minimum absolute atomic E-state index is 0.363. The number of ether oxygens (including phenoxy) is 2.